The number of hydrogen-bond acceptors (Lipinski definition) is 4. The topological polar surface area (TPSA) is 75.9 Å². The van der Waals surface area contributed by atoms with E-state index in [9.17, 15) is 9.59 Å². The maximum absolute atomic E-state index is 11.7. The molecule has 16 heavy (non-hydrogen) atoms. The maximum Gasteiger partial charge on any atom is 0.241 e. The molecule has 0 bridgehead atoms. The zero-order valence-electron chi connectivity index (χ0n) is 10.4. The van der Waals surface area contributed by atoms with E-state index in [-0.39, 0.29) is 18.4 Å². The zero-order valence-corrected chi connectivity index (χ0v) is 10.4. The molecule has 0 aromatic rings. The Kier molecular flexibility index (Phi) is 6.67. The molecule has 6 nitrogen and oxygen atoms in total. The summed E-state index contributed by atoms with van der Waals surface area (Å²) in [5.74, 6) is -0.373. The molecule has 0 aliphatic heterocycles. The van der Waals surface area contributed by atoms with Crippen molar-refractivity contribution in [2.45, 2.75) is 12.5 Å². The Bertz CT molecular complexity index is 243. The fourth-order valence-corrected chi connectivity index (χ4v) is 1.07. The zero-order chi connectivity index (χ0) is 12.7. The molecule has 0 aromatic carbocycles. The minimum Gasteiger partial charge on any atom is -0.385 e. The van der Waals surface area contributed by atoms with Gasteiger partial charge in [-0.15, -0.1) is 0 Å². The molecule has 0 aliphatic rings. The lowest BCUT2D eigenvalue weighted by Crippen LogP contribution is -2.46. The number of ether oxygens (including phenoxy) is 1. The van der Waals surface area contributed by atoms with Gasteiger partial charge in [0.05, 0.1) is 12.6 Å². The lowest BCUT2D eigenvalue weighted by molar-refractivity contribution is -0.139. The van der Waals surface area contributed by atoms with Crippen LogP contribution in [0.15, 0.2) is 0 Å². The third kappa shape index (κ3) is 5.09. The summed E-state index contributed by atoms with van der Waals surface area (Å²) in [7, 11) is 6.41. The average molecular weight is 231 g/mol. The predicted octanol–water partition coefficient (Wildman–Crippen LogP) is -1.10. The molecule has 0 heterocycles. The smallest absolute Gasteiger partial charge is 0.241 e. The van der Waals surface area contributed by atoms with E-state index in [1.54, 1.807) is 28.3 Å². The summed E-state index contributed by atoms with van der Waals surface area (Å²) in [5.41, 5.74) is 5.66. The minimum atomic E-state index is -0.611. The fraction of sp³-hybridized carbons (Fsp3) is 0.800. The molecule has 1 atom stereocenters. The number of methoxy groups -OCH3 is 1. The van der Waals surface area contributed by atoms with Crippen LogP contribution >= 0.6 is 0 Å². The van der Waals surface area contributed by atoms with E-state index in [1.165, 1.54) is 9.80 Å². The molecule has 0 aromatic heterocycles. The van der Waals surface area contributed by atoms with E-state index in [0.29, 0.717) is 13.0 Å². The summed E-state index contributed by atoms with van der Waals surface area (Å²) in [6.45, 7) is 0.481. The Morgan fingerprint density at radius 2 is 1.88 bits per heavy atom. The standard InChI is InChI=1S/C10H21N3O3/c1-12(2)9(14)7-13(3)10(15)8(11)5-6-16-4/h8H,5-7,11H2,1-4H3. The Balaban J connectivity index is 4.12. The highest BCUT2D eigenvalue weighted by Crippen LogP contribution is 1.96. The van der Waals surface area contributed by atoms with Gasteiger partial charge in [0.2, 0.25) is 11.8 Å². The molecule has 2 amide bonds. The Hall–Kier alpha value is -1.14. The van der Waals surface area contributed by atoms with Crippen molar-refractivity contribution >= 4 is 11.8 Å². The van der Waals surface area contributed by atoms with Crippen molar-refractivity contribution in [2.75, 3.05) is 41.4 Å². The number of nitrogens with zero attached hydrogens (tertiary/aromatic N) is 2. The Labute approximate surface area is 96.3 Å². The van der Waals surface area contributed by atoms with Crippen LogP contribution in [0.5, 0.6) is 0 Å². The second-order valence-electron chi connectivity index (χ2n) is 3.87. The largest absolute Gasteiger partial charge is 0.385 e. The molecule has 6 heteroatoms. The first-order valence-corrected chi connectivity index (χ1v) is 5.09. The number of rotatable bonds is 6. The lowest BCUT2D eigenvalue weighted by atomic mass is 10.2. The highest BCUT2D eigenvalue weighted by molar-refractivity contribution is 5.87. The summed E-state index contributed by atoms with van der Waals surface area (Å²) in [6.07, 6.45) is 0.454. The van der Waals surface area contributed by atoms with Crippen molar-refractivity contribution in [1.82, 2.24) is 9.80 Å². The van der Waals surface area contributed by atoms with Gasteiger partial charge in [-0.3, -0.25) is 9.59 Å². The first-order valence-electron chi connectivity index (χ1n) is 5.09. The summed E-state index contributed by atoms with van der Waals surface area (Å²) in [4.78, 5) is 25.8. The van der Waals surface area contributed by atoms with Crippen LogP contribution in [-0.4, -0.2) is 69.1 Å². The van der Waals surface area contributed by atoms with Crippen molar-refractivity contribution in [2.24, 2.45) is 5.73 Å². The quantitative estimate of drug-likeness (QED) is 0.629. The molecule has 0 radical (unpaired) electrons. The van der Waals surface area contributed by atoms with Crippen LogP contribution in [0, 0.1) is 0 Å². The van der Waals surface area contributed by atoms with E-state index < -0.39 is 6.04 Å². The fourth-order valence-electron chi connectivity index (χ4n) is 1.07. The van der Waals surface area contributed by atoms with E-state index in [4.69, 9.17) is 10.5 Å². The van der Waals surface area contributed by atoms with E-state index in [0.717, 1.165) is 0 Å². The van der Waals surface area contributed by atoms with Gasteiger partial charge in [-0.05, 0) is 6.42 Å². The molecule has 0 saturated carbocycles. The van der Waals surface area contributed by atoms with Gasteiger partial charge in [-0.2, -0.15) is 0 Å². The van der Waals surface area contributed by atoms with E-state index in [1.807, 2.05) is 0 Å². The van der Waals surface area contributed by atoms with Gasteiger partial charge >= 0.3 is 0 Å². The lowest BCUT2D eigenvalue weighted by Gasteiger charge is -2.22. The SMILES string of the molecule is COCCC(N)C(=O)N(C)CC(=O)N(C)C. The summed E-state index contributed by atoms with van der Waals surface area (Å²) in [5, 5.41) is 0. The van der Waals surface area contributed by atoms with Crippen molar-refractivity contribution in [3.05, 3.63) is 0 Å². The van der Waals surface area contributed by atoms with Gasteiger partial charge in [-0.25, -0.2) is 0 Å². The summed E-state index contributed by atoms with van der Waals surface area (Å²) < 4.78 is 4.84. The van der Waals surface area contributed by atoms with Crippen molar-refractivity contribution < 1.29 is 14.3 Å². The van der Waals surface area contributed by atoms with Crippen LogP contribution in [0.2, 0.25) is 0 Å². The Morgan fingerprint density at radius 1 is 1.31 bits per heavy atom. The molecule has 2 N–H and O–H groups in total. The molecule has 0 rings (SSSR count). The van der Waals surface area contributed by atoms with Gasteiger partial charge in [0.1, 0.15) is 0 Å². The van der Waals surface area contributed by atoms with Crippen molar-refractivity contribution in [3.8, 4) is 0 Å². The van der Waals surface area contributed by atoms with Crippen LogP contribution in [0.4, 0.5) is 0 Å². The number of likely N-dealkylation sites (N-methyl/N-ethyl adjacent to an activating group) is 2. The first-order chi connectivity index (χ1) is 7.40. The van der Waals surface area contributed by atoms with Crippen LogP contribution in [0.25, 0.3) is 0 Å². The summed E-state index contributed by atoms with van der Waals surface area (Å²) >= 11 is 0. The molecular formula is C10H21N3O3. The average Bonchev–Trinajstić information content (AvgIpc) is 2.24. The first kappa shape index (κ1) is 14.9. The van der Waals surface area contributed by atoms with Gasteiger partial charge in [0.15, 0.2) is 0 Å². The number of carbonyl (C=O) groups excluding carboxylic acids is 2. The molecule has 1 unspecified atom stereocenters. The van der Waals surface area contributed by atoms with Gasteiger partial charge in [0.25, 0.3) is 0 Å². The van der Waals surface area contributed by atoms with Crippen LogP contribution in [0.1, 0.15) is 6.42 Å². The third-order valence-electron chi connectivity index (χ3n) is 2.20. The number of hydrogen-bond donors (Lipinski definition) is 1. The number of carbonyl (C=O) groups is 2. The predicted molar refractivity (Wildman–Crippen MR) is 60.8 cm³/mol. The molecule has 94 valence electrons. The molecule has 0 aliphatic carbocycles. The second kappa shape index (κ2) is 7.19. The molecule has 0 spiro atoms. The van der Waals surface area contributed by atoms with Crippen LogP contribution in [-0.2, 0) is 14.3 Å². The van der Waals surface area contributed by atoms with Crippen molar-refractivity contribution in [1.29, 1.82) is 0 Å². The van der Waals surface area contributed by atoms with Gasteiger partial charge in [-0.1, -0.05) is 0 Å². The monoisotopic (exact) mass is 231 g/mol. The van der Waals surface area contributed by atoms with Crippen LogP contribution in [0.3, 0.4) is 0 Å². The normalized spacial score (nSPS) is 12.1. The van der Waals surface area contributed by atoms with E-state index >= 15 is 0 Å². The highest BCUT2D eigenvalue weighted by Gasteiger charge is 2.20. The Morgan fingerprint density at radius 3 is 2.31 bits per heavy atom. The van der Waals surface area contributed by atoms with E-state index in [2.05, 4.69) is 0 Å². The molecular weight excluding hydrogens is 210 g/mol. The molecule has 0 fully saturated rings. The van der Waals surface area contributed by atoms with Gasteiger partial charge < -0.3 is 20.3 Å². The molecule has 0 saturated heterocycles. The number of nitrogens with two attached hydrogens (primary N) is 1. The maximum atomic E-state index is 11.7. The minimum absolute atomic E-state index is 0.0481. The van der Waals surface area contributed by atoms with Crippen LogP contribution < -0.4 is 5.73 Å². The second-order valence-corrected chi connectivity index (χ2v) is 3.87. The van der Waals surface area contributed by atoms with Gasteiger partial charge in [0, 0.05) is 34.9 Å². The third-order valence-corrected chi connectivity index (χ3v) is 2.20. The summed E-state index contributed by atoms with van der Waals surface area (Å²) in [6, 6.07) is -0.611. The highest BCUT2D eigenvalue weighted by atomic mass is 16.5. The van der Waals surface area contributed by atoms with Crippen molar-refractivity contribution in [3.63, 3.8) is 0 Å². The number of amides is 2.